The van der Waals surface area contributed by atoms with Crippen molar-refractivity contribution in [2.24, 2.45) is 0 Å². The molecule has 0 fully saturated rings. The lowest BCUT2D eigenvalue weighted by atomic mass is 10.0. The zero-order valence-corrected chi connectivity index (χ0v) is 12.4. The van der Waals surface area contributed by atoms with E-state index in [1.54, 1.807) is 6.07 Å². The molecule has 0 saturated heterocycles. The van der Waals surface area contributed by atoms with Gasteiger partial charge in [0.25, 0.3) is 0 Å². The number of unbranched alkanes of at least 4 members (excludes halogenated alkanes) is 4. The van der Waals surface area contributed by atoms with E-state index in [4.69, 9.17) is 0 Å². The maximum atomic E-state index is 13.1. The zero-order chi connectivity index (χ0) is 13.4. The fraction of sp³-hybridized carbons (Fsp3) is 0.533. The van der Waals surface area contributed by atoms with Crippen LogP contribution < -0.4 is 0 Å². The molecule has 0 N–H and O–H groups in total. The third-order valence-corrected chi connectivity index (χ3v) is 3.73. The number of halogens is 2. The maximum absolute atomic E-state index is 13.1. The lowest BCUT2D eigenvalue weighted by Gasteiger charge is -2.04. The molecule has 3 heteroatoms. The fourth-order valence-electron chi connectivity index (χ4n) is 1.91. The number of hydrogen-bond donors (Lipinski definition) is 0. The second-order valence-electron chi connectivity index (χ2n) is 4.62. The van der Waals surface area contributed by atoms with Gasteiger partial charge in [-0.2, -0.15) is 0 Å². The van der Waals surface area contributed by atoms with E-state index in [-0.39, 0.29) is 11.6 Å². The summed E-state index contributed by atoms with van der Waals surface area (Å²) in [5.74, 6) is -0.0956. The van der Waals surface area contributed by atoms with Crippen molar-refractivity contribution >= 4 is 21.7 Å². The number of carbonyl (C=O) groups excluding carboxylic acids is 1. The van der Waals surface area contributed by atoms with Gasteiger partial charge in [0.05, 0.1) is 0 Å². The van der Waals surface area contributed by atoms with Crippen LogP contribution in [0.4, 0.5) is 4.39 Å². The molecule has 0 aromatic heterocycles. The third-order valence-electron chi connectivity index (χ3n) is 2.95. The molecule has 0 aliphatic carbocycles. The maximum Gasteiger partial charge on any atom is 0.137 e. The Morgan fingerprint density at radius 3 is 2.67 bits per heavy atom. The molecule has 100 valence electrons. The first-order chi connectivity index (χ1) is 8.63. The van der Waals surface area contributed by atoms with Crippen LogP contribution in [-0.4, -0.2) is 5.78 Å². The average molecular weight is 315 g/mol. The number of benzene rings is 1. The van der Waals surface area contributed by atoms with Gasteiger partial charge in [0, 0.05) is 17.3 Å². The molecule has 0 bridgehead atoms. The summed E-state index contributed by atoms with van der Waals surface area (Å²) in [7, 11) is 0. The minimum absolute atomic E-state index is 0.192. The Hall–Kier alpha value is -0.700. The van der Waals surface area contributed by atoms with Gasteiger partial charge >= 0.3 is 0 Å². The van der Waals surface area contributed by atoms with Gasteiger partial charge in [0.15, 0.2) is 0 Å². The van der Waals surface area contributed by atoms with Crippen molar-refractivity contribution in [3.63, 3.8) is 0 Å². The SMILES string of the molecule is CCCCCCCC(=O)Cc1cc(F)ccc1Br. The molecule has 0 amide bonds. The fourth-order valence-corrected chi connectivity index (χ4v) is 2.29. The molecule has 0 aliphatic heterocycles. The van der Waals surface area contributed by atoms with Gasteiger partial charge in [-0.1, -0.05) is 48.5 Å². The summed E-state index contributed by atoms with van der Waals surface area (Å²) in [5.41, 5.74) is 0.744. The van der Waals surface area contributed by atoms with E-state index in [0.29, 0.717) is 12.8 Å². The van der Waals surface area contributed by atoms with Crippen molar-refractivity contribution in [3.8, 4) is 0 Å². The second kappa shape index (κ2) is 8.41. The highest BCUT2D eigenvalue weighted by molar-refractivity contribution is 9.10. The summed E-state index contributed by atoms with van der Waals surface area (Å²) in [6.07, 6.45) is 6.65. The highest BCUT2D eigenvalue weighted by Crippen LogP contribution is 2.19. The largest absolute Gasteiger partial charge is 0.299 e. The van der Waals surface area contributed by atoms with Crippen LogP contribution >= 0.6 is 15.9 Å². The number of hydrogen-bond acceptors (Lipinski definition) is 1. The summed E-state index contributed by atoms with van der Waals surface area (Å²) in [6.45, 7) is 2.17. The van der Waals surface area contributed by atoms with Crippen molar-refractivity contribution in [1.82, 2.24) is 0 Å². The quantitative estimate of drug-likeness (QED) is 0.613. The Morgan fingerprint density at radius 2 is 1.94 bits per heavy atom. The molecule has 1 nitrogen and oxygen atoms in total. The molecule has 0 aliphatic rings. The van der Waals surface area contributed by atoms with Crippen LogP contribution in [0.1, 0.15) is 51.0 Å². The van der Waals surface area contributed by atoms with Gasteiger partial charge in [-0.15, -0.1) is 0 Å². The predicted molar refractivity (Wildman–Crippen MR) is 76.2 cm³/mol. The number of Topliss-reactive ketones (excluding diaryl/α,β-unsaturated/α-hetero) is 1. The van der Waals surface area contributed by atoms with Gasteiger partial charge in [-0.25, -0.2) is 4.39 Å². The van der Waals surface area contributed by atoms with Crippen LogP contribution in [0.15, 0.2) is 22.7 Å². The van der Waals surface area contributed by atoms with Crippen molar-refractivity contribution < 1.29 is 9.18 Å². The Kier molecular flexibility index (Phi) is 7.18. The van der Waals surface area contributed by atoms with Crippen LogP contribution in [0.3, 0.4) is 0 Å². The van der Waals surface area contributed by atoms with Crippen molar-refractivity contribution in [2.45, 2.75) is 51.9 Å². The lowest BCUT2D eigenvalue weighted by molar-refractivity contribution is -0.118. The van der Waals surface area contributed by atoms with E-state index in [9.17, 15) is 9.18 Å². The van der Waals surface area contributed by atoms with Crippen LogP contribution in [-0.2, 0) is 11.2 Å². The molecule has 0 unspecified atom stereocenters. The van der Waals surface area contributed by atoms with Gasteiger partial charge < -0.3 is 0 Å². The van der Waals surface area contributed by atoms with Crippen molar-refractivity contribution in [2.75, 3.05) is 0 Å². The highest BCUT2D eigenvalue weighted by atomic mass is 79.9. The molecular weight excluding hydrogens is 295 g/mol. The van der Waals surface area contributed by atoms with E-state index in [1.165, 1.54) is 31.4 Å². The first-order valence-corrected chi connectivity index (χ1v) is 7.38. The monoisotopic (exact) mass is 314 g/mol. The second-order valence-corrected chi connectivity index (χ2v) is 5.47. The van der Waals surface area contributed by atoms with Crippen LogP contribution in [0, 0.1) is 5.82 Å². The normalized spacial score (nSPS) is 10.6. The number of ketones is 1. The summed E-state index contributed by atoms with van der Waals surface area (Å²) in [4.78, 5) is 11.8. The van der Waals surface area contributed by atoms with E-state index >= 15 is 0 Å². The predicted octanol–water partition coefficient (Wildman–Crippen LogP) is 5.06. The van der Waals surface area contributed by atoms with Gasteiger partial charge in [0.2, 0.25) is 0 Å². The average Bonchev–Trinajstić information content (AvgIpc) is 2.33. The molecule has 1 aromatic carbocycles. The summed E-state index contributed by atoms with van der Waals surface area (Å²) in [6, 6.07) is 4.47. The lowest BCUT2D eigenvalue weighted by Crippen LogP contribution is -2.03. The van der Waals surface area contributed by atoms with Gasteiger partial charge in [-0.05, 0) is 30.2 Å². The Morgan fingerprint density at radius 1 is 1.22 bits per heavy atom. The molecule has 0 spiro atoms. The van der Waals surface area contributed by atoms with E-state index in [0.717, 1.165) is 22.9 Å². The van der Waals surface area contributed by atoms with Crippen LogP contribution in [0.5, 0.6) is 0 Å². The summed E-state index contributed by atoms with van der Waals surface area (Å²) >= 11 is 3.34. The Balaban J connectivity index is 2.33. The summed E-state index contributed by atoms with van der Waals surface area (Å²) in [5, 5.41) is 0. The molecule has 0 saturated carbocycles. The van der Waals surface area contributed by atoms with Crippen LogP contribution in [0.25, 0.3) is 0 Å². The van der Waals surface area contributed by atoms with E-state index in [2.05, 4.69) is 22.9 Å². The first kappa shape index (κ1) is 15.4. The van der Waals surface area contributed by atoms with Gasteiger partial charge in [-0.3, -0.25) is 4.79 Å². The minimum atomic E-state index is -0.288. The van der Waals surface area contributed by atoms with E-state index < -0.39 is 0 Å². The topological polar surface area (TPSA) is 17.1 Å². The molecule has 1 aromatic rings. The van der Waals surface area contributed by atoms with Crippen molar-refractivity contribution in [3.05, 3.63) is 34.1 Å². The third kappa shape index (κ3) is 5.76. The molecular formula is C15H20BrFO. The standard InChI is InChI=1S/C15H20BrFO/c1-2-3-4-5-6-7-14(18)11-12-10-13(17)8-9-15(12)16/h8-10H,2-7,11H2,1H3. The van der Waals surface area contributed by atoms with Gasteiger partial charge in [0.1, 0.15) is 11.6 Å². The Labute approximate surface area is 117 Å². The molecule has 0 atom stereocenters. The van der Waals surface area contributed by atoms with E-state index in [1.807, 2.05) is 0 Å². The van der Waals surface area contributed by atoms with Crippen molar-refractivity contribution in [1.29, 1.82) is 0 Å². The Bertz CT molecular complexity index is 390. The molecule has 0 heterocycles. The molecule has 18 heavy (non-hydrogen) atoms. The molecule has 0 radical (unpaired) electrons. The number of rotatable bonds is 8. The first-order valence-electron chi connectivity index (χ1n) is 6.59. The summed E-state index contributed by atoms with van der Waals surface area (Å²) < 4.78 is 13.9. The number of carbonyl (C=O) groups is 1. The highest BCUT2D eigenvalue weighted by Gasteiger charge is 2.08. The minimum Gasteiger partial charge on any atom is -0.299 e. The smallest absolute Gasteiger partial charge is 0.137 e. The van der Waals surface area contributed by atoms with Crippen LogP contribution in [0.2, 0.25) is 0 Å². The molecule has 1 rings (SSSR count). The zero-order valence-electron chi connectivity index (χ0n) is 10.8.